The van der Waals surface area contributed by atoms with Crippen LogP contribution >= 0.6 is 0 Å². The van der Waals surface area contributed by atoms with Gasteiger partial charge < -0.3 is 15.1 Å². The fourth-order valence-corrected chi connectivity index (χ4v) is 2.60. The molecule has 3 rings (SSSR count). The van der Waals surface area contributed by atoms with Crippen LogP contribution in [0, 0.1) is 5.82 Å². The lowest BCUT2D eigenvalue weighted by Crippen LogP contribution is -2.51. The molecule has 2 aromatic rings. The first kappa shape index (κ1) is 15.8. The number of alkyl halides is 2. The van der Waals surface area contributed by atoms with Crippen molar-refractivity contribution in [2.45, 2.75) is 19.1 Å². The van der Waals surface area contributed by atoms with E-state index < -0.39 is 25.0 Å². The lowest BCUT2D eigenvalue weighted by Gasteiger charge is -2.37. The van der Waals surface area contributed by atoms with Crippen molar-refractivity contribution in [2.75, 3.05) is 18.0 Å². The summed E-state index contributed by atoms with van der Waals surface area (Å²) in [6.07, 6.45) is -1.98. The summed E-state index contributed by atoms with van der Waals surface area (Å²) in [6.45, 7) is 0.0272. The smallest absolute Gasteiger partial charge is 0.267 e. The van der Waals surface area contributed by atoms with Crippen LogP contribution in [0.15, 0.2) is 30.5 Å². The van der Waals surface area contributed by atoms with Crippen LogP contribution in [0.5, 0.6) is 0 Å². The molecule has 0 amide bonds. The second kappa shape index (κ2) is 6.17. The normalized spacial score (nSPS) is 15.1. The molecule has 1 aliphatic heterocycles. The highest BCUT2D eigenvalue weighted by Gasteiger charge is 2.30. The number of halogens is 3. The van der Waals surface area contributed by atoms with E-state index in [1.165, 1.54) is 24.4 Å². The molecule has 0 spiro atoms. The van der Waals surface area contributed by atoms with Crippen molar-refractivity contribution >= 4 is 5.82 Å². The fraction of sp³-hybridized carbons (Fsp3) is 0.312. The van der Waals surface area contributed by atoms with E-state index in [1.54, 1.807) is 11.0 Å². The maximum Gasteiger partial charge on any atom is 0.267 e. The maximum absolute atomic E-state index is 14.3. The minimum Gasteiger partial charge on any atom is -0.392 e. The van der Waals surface area contributed by atoms with Crippen LogP contribution in [0.4, 0.5) is 19.0 Å². The third-order valence-electron chi connectivity index (χ3n) is 3.85. The van der Waals surface area contributed by atoms with Gasteiger partial charge in [-0.05, 0) is 6.07 Å². The zero-order valence-corrected chi connectivity index (χ0v) is 12.1. The van der Waals surface area contributed by atoms with Gasteiger partial charge in [-0.25, -0.2) is 18.2 Å². The Hall–Kier alpha value is -2.12. The average Bonchev–Trinajstić information content (AvgIpc) is 2.51. The first-order valence-electron chi connectivity index (χ1n) is 7.11. The Bertz CT molecular complexity index is 718. The van der Waals surface area contributed by atoms with E-state index in [0.717, 1.165) is 0 Å². The van der Waals surface area contributed by atoms with Gasteiger partial charge >= 0.3 is 0 Å². The molecule has 1 saturated heterocycles. The van der Waals surface area contributed by atoms with E-state index >= 15 is 0 Å². The molecule has 2 N–H and O–H groups in total. The average molecular weight is 324 g/mol. The first-order valence-corrected chi connectivity index (χ1v) is 7.11. The zero-order valence-electron chi connectivity index (χ0n) is 12.1. The topological polar surface area (TPSA) is 56.6 Å². The molecule has 1 aromatic heterocycles. The van der Waals surface area contributed by atoms with Gasteiger partial charge in [0.1, 0.15) is 11.6 Å². The van der Waals surface area contributed by atoms with Gasteiger partial charge in [0.2, 0.25) is 0 Å². The summed E-state index contributed by atoms with van der Waals surface area (Å²) in [5.74, 6) is -0.545. The Balaban J connectivity index is 2.03. The number of pyridine rings is 1. The molecule has 23 heavy (non-hydrogen) atoms. The van der Waals surface area contributed by atoms with Crippen molar-refractivity contribution in [1.82, 2.24) is 4.98 Å². The Morgan fingerprint density at radius 3 is 2.65 bits per heavy atom. The van der Waals surface area contributed by atoms with Gasteiger partial charge in [-0.2, -0.15) is 0 Å². The number of rotatable bonds is 4. The summed E-state index contributed by atoms with van der Waals surface area (Å²) in [6, 6.07) is 5.63. The molecule has 1 fully saturated rings. The van der Waals surface area contributed by atoms with Crippen LogP contribution in [-0.2, 0) is 6.61 Å². The van der Waals surface area contributed by atoms with Crippen LogP contribution in [0.2, 0.25) is 0 Å². The van der Waals surface area contributed by atoms with Crippen molar-refractivity contribution in [1.29, 1.82) is 0 Å². The second-order valence-corrected chi connectivity index (χ2v) is 5.43. The number of hydrogen-bond acceptors (Lipinski definition) is 4. The Kier molecular flexibility index (Phi) is 4.23. The first-order chi connectivity index (χ1) is 11.0. The number of hydrogen-bond donors (Lipinski definition) is 2. The highest BCUT2D eigenvalue weighted by atomic mass is 19.3. The fourth-order valence-electron chi connectivity index (χ4n) is 2.60. The van der Waals surface area contributed by atoms with Crippen LogP contribution in [0.25, 0.3) is 11.1 Å². The second-order valence-electron chi connectivity index (χ2n) is 5.43. The van der Waals surface area contributed by atoms with Gasteiger partial charge in [0.25, 0.3) is 6.43 Å². The van der Waals surface area contributed by atoms with Gasteiger partial charge in [0.05, 0.1) is 18.3 Å². The maximum atomic E-state index is 14.3. The predicted octanol–water partition coefficient (Wildman–Crippen LogP) is 2.50. The molecule has 0 atom stereocenters. The molecule has 7 heteroatoms. The van der Waals surface area contributed by atoms with Crippen LogP contribution in [-0.4, -0.2) is 34.4 Å². The standard InChI is InChI=1S/C16H15F3N2O2/c17-14-9(8-22)2-1-3-12(14)10-4-13(15(18)19)16(20-5-10)21-6-11(23)7-21/h1-5,11,15,22-23H,6-8H2. The summed E-state index contributed by atoms with van der Waals surface area (Å²) >= 11 is 0. The Morgan fingerprint density at radius 1 is 1.30 bits per heavy atom. The summed E-state index contributed by atoms with van der Waals surface area (Å²) in [5.41, 5.74) is 0.123. The number of nitrogens with zero attached hydrogens (tertiary/aromatic N) is 2. The molecule has 0 aliphatic carbocycles. The van der Waals surface area contributed by atoms with E-state index in [2.05, 4.69) is 4.98 Å². The van der Waals surface area contributed by atoms with Crippen molar-refractivity contribution < 1.29 is 23.4 Å². The van der Waals surface area contributed by atoms with Gasteiger partial charge in [-0.3, -0.25) is 0 Å². The molecule has 1 aliphatic rings. The largest absolute Gasteiger partial charge is 0.392 e. The predicted molar refractivity (Wildman–Crippen MR) is 78.7 cm³/mol. The number of aliphatic hydroxyl groups excluding tert-OH is 2. The number of aromatic nitrogens is 1. The molecule has 0 unspecified atom stereocenters. The minimum absolute atomic E-state index is 0.0936. The zero-order chi connectivity index (χ0) is 16.6. The number of β-amino-alcohol motifs (C(OH)–C–C–N with tert-alkyl or cyclic N) is 1. The Labute approximate surface area is 130 Å². The number of anilines is 1. The van der Waals surface area contributed by atoms with Crippen molar-refractivity contribution in [3.63, 3.8) is 0 Å². The van der Waals surface area contributed by atoms with E-state index in [9.17, 15) is 18.3 Å². The van der Waals surface area contributed by atoms with E-state index in [4.69, 9.17) is 5.11 Å². The molecule has 0 saturated carbocycles. The SMILES string of the molecule is OCc1cccc(-c2cnc(N3CC(O)C3)c(C(F)F)c2)c1F. The van der Waals surface area contributed by atoms with Gasteiger partial charge in [0.15, 0.2) is 0 Å². The molecule has 1 aromatic carbocycles. The van der Waals surface area contributed by atoms with Gasteiger partial charge in [-0.1, -0.05) is 18.2 Å². The summed E-state index contributed by atoms with van der Waals surface area (Å²) < 4.78 is 40.9. The highest BCUT2D eigenvalue weighted by molar-refractivity contribution is 5.68. The highest BCUT2D eigenvalue weighted by Crippen LogP contribution is 2.35. The van der Waals surface area contributed by atoms with Gasteiger partial charge in [-0.15, -0.1) is 0 Å². The summed E-state index contributed by atoms with van der Waals surface area (Å²) in [5, 5.41) is 18.4. The molecule has 0 bridgehead atoms. The molecule has 0 radical (unpaired) electrons. The minimum atomic E-state index is -2.76. The molecular weight excluding hydrogens is 309 g/mol. The third kappa shape index (κ3) is 2.89. The van der Waals surface area contributed by atoms with Crippen molar-refractivity contribution in [3.8, 4) is 11.1 Å². The van der Waals surface area contributed by atoms with Crippen LogP contribution in [0.1, 0.15) is 17.6 Å². The van der Waals surface area contributed by atoms with Gasteiger partial charge in [0, 0.05) is 36.0 Å². The lowest BCUT2D eigenvalue weighted by molar-refractivity contribution is 0.135. The molecule has 4 nitrogen and oxygen atoms in total. The van der Waals surface area contributed by atoms with Crippen molar-refractivity contribution in [3.05, 3.63) is 47.4 Å². The number of aliphatic hydroxyl groups is 2. The summed E-state index contributed by atoms with van der Waals surface area (Å²) in [4.78, 5) is 5.59. The number of benzene rings is 1. The quantitative estimate of drug-likeness (QED) is 0.907. The van der Waals surface area contributed by atoms with Crippen molar-refractivity contribution in [2.24, 2.45) is 0 Å². The van der Waals surface area contributed by atoms with E-state index in [0.29, 0.717) is 0 Å². The molecule has 122 valence electrons. The third-order valence-corrected chi connectivity index (χ3v) is 3.85. The molecular formula is C16H15F3N2O2. The van der Waals surface area contributed by atoms with E-state index in [-0.39, 0.29) is 41.2 Å². The van der Waals surface area contributed by atoms with E-state index in [1.807, 2.05) is 0 Å². The summed E-state index contributed by atoms with van der Waals surface area (Å²) in [7, 11) is 0. The monoisotopic (exact) mass is 324 g/mol. The van der Waals surface area contributed by atoms with Crippen LogP contribution < -0.4 is 4.90 Å². The Morgan fingerprint density at radius 2 is 2.04 bits per heavy atom. The lowest BCUT2D eigenvalue weighted by atomic mass is 10.0. The molecule has 2 heterocycles. The van der Waals surface area contributed by atoms with Crippen LogP contribution in [0.3, 0.4) is 0 Å².